The van der Waals surface area contributed by atoms with E-state index in [1.165, 1.54) is 65.7 Å². The molecule has 0 aliphatic rings. The zero-order valence-electron chi connectivity index (χ0n) is 27.0. The Balaban J connectivity index is 1.18. The van der Waals surface area contributed by atoms with Crippen LogP contribution in [-0.4, -0.2) is 0 Å². The fourth-order valence-corrected chi connectivity index (χ4v) is 7.25. The number of anilines is 3. The molecular weight excluding hydrogens is 591 g/mol. The fourth-order valence-electron chi connectivity index (χ4n) is 7.25. The topological polar surface area (TPSA) is 3.24 Å². The van der Waals surface area contributed by atoms with Gasteiger partial charge < -0.3 is 4.90 Å². The molecule has 0 atom stereocenters. The van der Waals surface area contributed by atoms with Crippen LogP contribution in [0.1, 0.15) is 0 Å². The van der Waals surface area contributed by atoms with Gasteiger partial charge in [0.05, 0.1) is 0 Å². The van der Waals surface area contributed by atoms with E-state index >= 15 is 0 Å². The van der Waals surface area contributed by atoms with Crippen molar-refractivity contribution in [2.24, 2.45) is 0 Å². The summed E-state index contributed by atoms with van der Waals surface area (Å²) in [4.78, 5) is 2.37. The Morgan fingerprint density at radius 1 is 0.245 bits per heavy atom. The second kappa shape index (κ2) is 12.3. The van der Waals surface area contributed by atoms with Crippen molar-refractivity contribution in [3.05, 3.63) is 200 Å². The lowest BCUT2D eigenvalue weighted by Crippen LogP contribution is -2.10. The van der Waals surface area contributed by atoms with E-state index < -0.39 is 0 Å². The van der Waals surface area contributed by atoms with E-state index in [4.69, 9.17) is 0 Å². The van der Waals surface area contributed by atoms with Gasteiger partial charge >= 0.3 is 0 Å². The molecule has 0 unspecified atom stereocenters. The number of fused-ring (bicyclic) bond motifs is 4. The number of nitrogens with zero attached hydrogens (tertiary/aromatic N) is 1. The Morgan fingerprint density at radius 3 is 1.53 bits per heavy atom. The van der Waals surface area contributed by atoms with Crippen molar-refractivity contribution in [3.63, 3.8) is 0 Å². The van der Waals surface area contributed by atoms with Crippen LogP contribution in [-0.2, 0) is 0 Å². The summed E-state index contributed by atoms with van der Waals surface area (Å²) >= 11 is 0. The predicted molar refractivity (Wildman–Crippen MR) is 210 cm³/mol. The van der Waals surface area contributed by atoms with Gasteiger partial charge in [-0.25, -0.2) is 0 Å². The van der Waals surface area contributed by atoms with Gasteiger partial charge in [0, 0.05) is 17.1 Å². The van der Waals surface area contributed by atoms with Gasteiger partial charge in [-0.3, -0.25) is 0 Å². The highest BCUT2D eigenvalue weighted by molar-refractivity contribution is 6.14. The lowest BCUT2D eigenvalue weighted by atomic mass is 9.93. The minimum atomic E-state index is 1.11. The van der Waals surface area contributed by atoms with Crippen LogP contribution in [0.5, 0.6) is 0 Å². The molecule has 9 rings (SSSR count). The first-order valence-corrected chi connectivity index (χ1v) is 16.8. The number of hydrogen-bond acceptors (Lipinski definition) is 1. The normalized spacial score (nSPS) is 11.3. The average Bonchev–Trinajstić information content (AvgIpc) is 3.18. The molecule has 9 aromatic carbocycles. The van der Waals surface area contributed by atoms with Crippen molar-refractivity contribution >= 4 is 49.4 Å². The SMILES string of the molecule is c1ccc(-c2ccc(N(c3ccc(-c4cccc5ccccc45)cc3)c3cccc(-c4cc5ccccc5c5ccccc45)c3)cc2)cc1. The van der Waals surface area contributed by atoms with Crippen LogP contribution in [0.25, 0.3) is 65.7 Å². The Kier molecular flexibility index (Phi) is 7.22. The highest BCUT2D eigenvalue weighted by Crippen LogP contribution is 2.41. The Morgan fingerprint density at radius 2 is 0.776 bits per heavy atom. The second-order valence-electron chi connectivity index (χ2n) is 12.6. The lowest BCUT2D eigenvalue weighted by Gasteiger charge is -2.26. The van der Waals surface area contributed by atoms with Gasteiger partial charge in [0.25, 0.3) is 0 Å². The van der Waals surface area contributed by atoms with E-state index in [1.807, 2.05) is 0 Å². The highest BCUT2D eigenvalue weighted by atomic mass is 15.1. The Hall–Kier alpha value is -6.44. The van der Waals surface area contributed by atoms with E-state index in [2.05, 4.69) is 205 Å². The van der Waals surface area contributed by atoms with Gasteiger partial charge in [0.2, 0.25) is 0 Å². The van der Waals surface area contributed by atoms with Crippen LogP contribution in [0.3, 0.4) is 0 Å². The maximum Gasteiger partial charge on any atom is 0.0467 e. The van der Waals surface area contributed by atoms with E-state index in [0.29, 0.717) is 0 Å². The first-order chi connectivity index (χ1) is 24.3. The molecule has 1 nitrogen and oxygen atoms in total. The maximum absolute atomic E-state index is 2.37. The molecule has 0 spiro atoms. The summed E-state index contributed by atoms with van der Waals surface area (Å²) in [5.74, 6) is 0. The zero-order valence-corrected chi connectivity index (χ0v) is 27.0. The molecule has 9 aromatic rings. The second-order valence-corrected chi connectivity index (χ2v) is 12.6. The van der Waals surface area contributed by atoms with Crippen LogP contribution >= 0.6 is 0 Å². The van der Waals surface area contributed by atoms with Gasteiger partial charge in [-0.2, -0.15) is 0 Å². The number of rotatable bonds is 6. The molecule has 0 saturated heterocycles. The quantitative estimate of drug-likeness (QED) is 0.167. The molecule has 230 valence electrons. The van der Waals surface area contributed by atoms with E-state index in [-0.39, 0.29) is 0 Å². The summed E-state index contributed by atoms with van der Waals surface area (Å²) in [7, 11) is 0. The van der Waals surface area contributed by atoms with Crippen molar-refractivity contribution in [2.75, 3.05) is 4.90 Å². The van der Waals surface area contributed by atoms with Crippen molar-refractivity contribution in [2.45, 2.75) is 0 Å². The summed E-state index contributed by atoms with van der Waals surface area (Å²) < 4.78 is 0. The van der Waals surface area contributed by atoms with Crippen LogP contribution in [0, 0.1) is 0 Å². The van der Waals surface area contributed by atoms with Gasteiger partial charge in [-0.05, 0) is 108 Å². The van der Waals surface area contributed by atoms with Crippen LogP contribution in [0.2, 0.25) is 0 Å². The Labute approximate surface area is 287 Å². The largest absolute Gasteiger partial charge is 0.310 e. The molecule has 0 aliphatic carbocycles. The molecule has 0 radical (unpaired) electrons. The maximum atomic E-state index is 2.37. The van der Waals surface area contributed by atoms with Crippen molar-refractivity contribution in [3.8, 4) is 33.4 Å². The molecule has 0 saturated carbocycles. The number of benzene rings is 9. The zero-order chi connectivity index (χ0) is 32.6. The summed E-state index contributed by atoms with van der Waals surface area (Å²) in [6, 6.07) is 72.4. The summed E-state index contributed by atoms with van der Waals surface area (Å²) in [6.07, 6.45) is 0. The average molecular weight is 624 g/mol. The molecule has 1 heteroatoms. The standard InChI is InChI=1S/C48H33N/c1-2-12-34(13-3-1)35-24-28-40(29-25-35)49(41-30-26-37(27-31-41)44-23-11-16-36-14-4-6-19-43(36)44)42-18-10-17-38(32-42)48-33-39-15-5-7-20-45(39)46-21-8-9-22-47(46)48/h1-33H. The molecule has 0 aromatic heterocycles. The summed E-state index contributed by atoms with van der Waals surface area (Å²) in [5, 5.41) is 7.59. The third kappa shape index (κ3) is 5.32. The van der Waals surface area contributed by atoms with Crippen LogP contribution in [0.4, 0.5) is 17.1 Å². The molecule has 0 bridgehead atoms. The fraction of sp³-hybridized carbons (Fsp3) is 0. The molecule has 0 aliphatic heterocycles. The van der Waals surface area contributed by atoms with Gasteiger partial charge in [0.15, 0.2) is 0 Å². The van der Waals surface area contributed by atoms with Gasteiger partial charge in [-0.1, -0.05) is 158 Å². The minimum Gasteiger partial charge on any atom is -0.310 e. The minimum absolute atomic E-state index is 1.11. The van der Waals surface area contributed by atoms with E-state index in [9.17, 15) is 0 Å². The highest BCUT2D eigenvalue weighted by Gasteiger charge is 2.16. The van der Waals surface area contributed by atoms with E-state index in [0.717, 1.165) is 17.1 Å². The van der Waals surface area contributed by atoms with Crippen molar-refractivity contribution in [1.82, 2.24) is 0 Å². The van der Waals surface area contributed by atoms with Gasteiger partial charge in [-0.15, -0.1) is 0 Å². The van der Waals surface area contributed by atoms with Gasteiger partial charge in [0.1, 0.15) is 0 Å². The molecular formula is C48H33N. The van der Waals surface area contributed by atoms with Crippen LogP contribution < -0.4 is 4.90 Å². The molecule has 0 amide bonds. The van der Waals surface area contributed by atoms with Crippen molar-refractivity contribution in [1.29, 1.82) is 0 Å². The third-order valence-corrected chi connectivity index (χ3v) is 9.64. The van der Waals surface area contributed by atoms with E-state index in [1.54, 1.807) is 0 Å². The lowest BCUT2D eigenvalue weighted by molar-refractivity contribution is 1.28. The van der Waals surface area contributed by atoms with Crippen LogP contribution in [0.15, 0.2) is 200 Å². The first-order valence-electron chi connectivity index (χ1n) is 16.8. The monoisotopic (exact) mass is 623 g/mol. The third-order valence-electron chi connectivity index (χ3n) is 9.64. The summed E-state index contributed by atoms with van der Waals surface area (Å²) in [6.45, 7) is 0. The molecule has 0 fully saturated rings. The smallest absolute Gasteiger partial charge is 0.0467 e. The first kappa shape index (κ1) is 28.8. The molecule has 0 heterocycles. The summed E-state index contributed by atoms with van der Waals surface area (Å²) in [5.41, 5.74) is 10.6. The number of hydrogen-bond donors (Lipinski definition) is 0. The predicted octanol–water partition coefficient (Wildman–Crippen LogP) is 13.6. The Bertz CT molecular complexity index is 2580. The van der Waals surface area contributed by atoms with Crippen molar-refractivity contribution < 1.29 is 0 Å². The molecule has 49 heavy (non-hydrogen) atoms. The molecule has 0 N–H and O–H groups in total.